The van der Waals surface area contributed by atoms with E-state index in [1.165, 1.54) is 0 Å². The molecule has 1 aliphatic rings. The number of para-hydroxylation sites is 1. The predicted octanol–water partition coefficient (Wildman–Crippen LogP) is 6.15. The monoisotopic (exact) mass is 558 g/mol. The highest BCUT2D eigenvalue weighted by Crippen LogP contribution is 2.29. The summed E-state index contributed by atoms with van der Waals surface area (Å²) in [6, 6.07) is 15.6. The highest BCUT2D eigenvalue weighted by atomic mass is 16.5. The van der Waals surface area contributed by atoms with Crippen molar-refractivity contribution >= 4 is 23.3 Å². The predicted molar refractivity (Wildman–Crippen MR) is 164 cm³/mol. The standard InChI is InChI=1S/C35H46N2O4/c1-24(2)31(38)34(5,6)19-20-41-35(7,8)23-36-32(39)25(3)21-26(4)33(40)37-22-29-15-10-9-13-27(29)17-18-28-14-11-12-16-30(28)37/h9-16,24-26H,19-23H2,1-8H3,(H,36,39). The molecule has 41 heavy (non-hydrogen) atoms. The van der Waals surface area contributed by atoms with E-state index >= 15 is 0 Å². The normalized spacial score (nSPS) is 14.5. The van der Waals surface area contributed by atoms with Crippen molar-refractivity contribution in [3.63, 3.8) is 0 Å². The summed E-state index contributed by atoms with van der Waals surface area (Å²) in [6.07, 6.45) is 1.04. The van der Waals surface area contributed by atoms with E-state index in [9.17, 15) is 14.4 Å². The van der Waals surface area contributed by atoms with Gasteiger partial charge in [-0.15, -0.1) is 0 Å². The number of hydrogen-bond acceptors (Lipinski definition) is 4. The molecule has 6 nitrogen and oxygen atoms in total. The van der Waals surface area contributed by atoms with Crippen LogP contribution in [0.5, 0.6) is 0 Å². The van der Waals surface area contributed by atoms with E-state index in [2.05, 4.69) is 17.2 Å². The Hall–Kier alpha value is -3.43. The zero-order chi connectivity index (χ0) is 30.4. The van der Waals surface area contributed by atoms with Crippen LogP contribution in [0.4, 0.5) is 5.69 Å². The smallest absolute Gasteiger partial charge is 0.230 e. The van der Waals surface area contributed by atoms with Gasteiger partial charge >= 0.3 is 0 Å². The topological polar surface area (TPSA) is 75.7 Å². The molecule has 0 aliphatic carbocycles. The molecule has 2 unspecified atom stereocenters. The van der Waals surface area contributed by atoms with E-state index in [1.807, 2.05) is 104 Å². The number of nitrogens with zero attached hydrogens (tertiary/aromatic N) is 1. The lowest BCUT2D eigenvalue weighted by atomic mass is 9.80. The first kappa shape index (κ1) is 32.1. The fourth-order valence-electron chi connectivity index (χ4n) is 5.20. The van der Waals surface area contributed by atoms with E-state index < -0.39 is 11.0 Å². The third-order valence-corrected chi connectivity index (χ3v) is 7.81. The molecule has 220 valence electrons. The SMILES string of the molecule is CC(C)C(=O)C(C)(C)CCOC(C)(C)CNC(=O)C(C)CC(C)C(=O)N1Cc2ccccc2C#Cc2ccccc21. The first-order valence-electron chi connectivity index (χ1n) is 14.7. The summed E-state index contributed by atoms with van der Waals surface area (Å²) in [6.45, 7) is 16.5. The highest BCUT2D eigenvalue weighted by Gasteiger charge is 2.31. The van der Waals surface area contributed by atoms with Crippen LogP contribution in [0.3, 0.4) is 0 Å². The van der Waals surface area contributed by atoms with Gasteiger partial charge < -0.3 is 15.0 Å². The maximum atomic E-state index is 13.8. The van der Waals surface area contributed by atoms with Gasteiger partial charge in [-0.25, -0.2) is 0 Å². The Bertz CT molecular complexity index is 1310. The van der Waals surface area contributed by atoms with E-state index in [0.29, 0.717) is 32.5 Å². The Balaban J connectivity index is 1.58. The Morgan fingerprint density at radius 2 is 1.51 bits per heavy atom. The molecule has 0 aromatic heterocycles. The molecule has 3 rings (SSSR count). The maximum absolute atomic E-state index is 13.8. The van der Waals surface area contributed by atoms with Gasteiger partial charge in [0.1, 0.15) is 5.78 Å². The van der Waals surface area contributed by atoms with Crippen molar-refractivity contribution in [3.05, 3.63) is 65.2 Å². The summed E-state index contributed by atoms with van der Waals surface area (Å²) in [5.74, 6) is 5.82. The van der Waals surface area contributed by atoms with Crippen LogP contribution in [0.1, 0.15) is 84.9 Å². The summed E-state index contributed by atoms with van der Waals surface area (Å²) in [4.78, 5) is 41.1. The number of amides is 2. The van der Waals surface area contributed by atoms with Gasteiger partial charge in [0.25, 0.3) is 0 Å². The summed E-state index contributed by atoms with van der Waals surface area (Å²) < 4.78 is 6.07. The molecule has 0 saturated heterocycles. The first-order valence-corrected chi connectivity index (χ1v) is 14.7. The van der Waals surface area contributed by atoms with Crippen LogP contribution in [0.2, 0.25) is 0 Å². The van der Waals surface area contributed by atoms with Crippen LogP contribution in [-0.2, 0) is 25.7 Å². The fraction of sp³-hybridized carbons (Fsp3) is 0.514. The van der Waals surface area contributed by atoms with Gasteiger partial charge in [-0.3, -0.25) is 14.4 Å². The molecule has 0 spiro atoms. The summed E-state index contributed by atoms with van der Waals surface area (Å²) >= 11 is 0. The molecule has 6 heteroatoms. The number of carbonyl (C=O) groups is 3. The quantitative estimate of drug-likeness (QED) is 0.317. The fourth-order valence-corrected chi connectivity index (χ4v) is 5.20. The van der Waals surface area contributed by atoms with Crippen molar-refractivity contribution in [2.24, 2.45) is 23.2 Å². The van der Waals surface area contributed by atoms with Gasteiger partial charge in [0.2, 0.25) is 11.8 Å². The molecule has 2 atom stereocenters. The molecule has 2 amide bonds. The zero-order valence-electron chi connectivity index (χ0n) is 26.0. The van der Waals surface area contributed by atoms with Gasteiger partial charge in [-0.2, -0.15) is 0 Å². The molecule has 0 bridgehead atoms. The van der Waals surface area contributed by atoms with Gasteiger partial charge in [-0.1, -0.05) is 83.7 Å². The van der Waals surface area contributed by atoms with Gasteiger partial charge in [-0.05, 0) is 50.5 Å². The molecule has 2 aromatic rings. The number of benzene rings is 2. The molecule has 0 saturated carbocycles. The van der Waals surface area contributed by atoms with E-state index in [4.69, 9.17) is 4.74 Å². The highest BCUT2D eigenvalue weighted by molar-refractivity contribution is 5.96. The molecule has 2 aromatic carbocycles. The van der Waals surface area contributed by atoms with Crippen LogP contribution >= 0.6 is 0 Å². The van der Waals surface area contributed by atoms with Crippen molar-refractivity contribution in [2.75, 3.05) is 18.1 Å². The summed E-state index contributed by atoms with van der Waals surface area (Å²) in [7, 11) is 0. The Morgan fingerprint density at radius 3 is 2.20 bits per heavy atom. The lowest BCUT2D eigenvalue weighted by molar-refractivity contribution is -0.132. The summed E-state index contributed by atoms with van der Waals surface area (Å²) in [5.41, 5.74) is 2.48. The van der Waals surface area contributed by atoms with E-state index in [1.54, 1.807) is 4.90 Å². The van der Waals surface area contributed by atoms with Crippen LogP contribution in [0.25, 0.3) is 0 Å². The van der Waals surface area contributed by atoms with E-state index in [0.717, 1.165) is 22.4 Å². The number of ether oxygens (including phenoxy) is 1. The Kier molecular flexibility index (Phi) is 10.6. The number of rotatable bonds is 12. The zero-order valence-corrected chi connectivity index (χ0v) is 26.0. The average Bonchev–Trinajstić information content (AvgIpc) is 2.91. The van der Waals surface area contributed by atoms with Crippen molar-refractivity contribution in [1.82, 2.24) is 5.32 Å². The molecular weight excluding hydrogens is 512 g/mol. The Morgan fingerprint density at radius 1 is 0.902 bits per heavy atom. The van der Waals surface area contributed by atoms with Crippen LogP contribution in [-0.4, -0.2) is 36.4 Å². The third kappa shape index (κ3) is 8.53. The number of anilines is 1. The lowest BCUT2D eigenvalue weighted by Crippen LogP contribution is -2.44. The molecular formula is C35H46N2O4. The molecule has 1 aliphatic heterocycles. The first-order chi connectivity index (χ1) is 19.2. The number of carbonyl (C=O) groups excluding carboxylic acids is 3. The maximum Gasteiger partial charge on any atom is 0.230 e. The van der Waals surface area contributed by atoms with Gasteiger partial charge in [0.15, 0.2) is 0 Å². The second kappa shape index (κ2) is 13.5. The third-order valence-electron chi connectivity index (χ3n) is 7.81. The van der Waals surface area contributed by atoms with Crippen LogP contribution < -0.4 is 10.2 Å². The van der Waals surface area contributed by atoms with Crippen molar-refractivity contribution in [2.45, 2.75) is 80.4 Å². The number of nitrogens with one attached hydrogen (secondary N) is 1. The van der Waals surface area contributed by atoms with Crippen molar-refractivity contribution in [3.8, 4) is 11.8 Å². The second-order valence-electron chi connectivity index (χ2n) is 12.9. The lowest BCUT2D eigenvalue weighted by Gasteiger charge is -2.31. The number of fused-ring (bicyclic) bond motifs is 2. The minimum Gasteiger partial charge on any atom is -0.374 e. The van der Waals surface area contributed by atoms with Gasteiger partial charge in [0.05, 0.1) is 17.8 Å². The van der Waals surface area contributed by atoms with Crippen molar-refractivity contribution in [1.29, 1.82) is 0 Å². The minimum absolute atomic E-state index is 0.0175. The number of Topliss-reactive ketones (excluding diaryl/α,β-unsaturated/α-hetero) is 1. The molecule has 1 heterocycles. The van der Waals surface area contributed by atoms with E-state index in [-0.39, 0.29) is 35.4 Å². The Labute approximate surface area is 246 Å². The van der Waals surface area contributed by atoms with Crippen molar-refractivity contribution < 1.29 is 19.1 Å². The van der Waals surface area contributed by atoms with Crippen LogP contribution in [0, 0.1) is 35.0 Å². The number of hydrogen-bond donors (Lipinski definition) is 1. The van der Waals surface area contributed by atoms with Gasteiger partial charge in [0, 0.05) is 47.4 Å². The second-order valence-corrected chi connectivity index (χ2v) is 12.9. The van der Waals surface area contributed by atoms with Crippen LogP contribution in [0.15, 0.2) is 48.5 Å². The molecule has 0 radical (unpaired) electrons. The molecule has 0 fully saturated rings. The number of ketones is 1. The average molecular weight is 559 g/mol. The largest absolute Gasteiger partial charge is 0.374 e. The minimum atomic E-state index is -0.587. The molecule has 1 N–H and O–H groups in total. The summed E-state index contributed by atoms with van der Waals surface area (Å²) in [5, 5.41) is 3.01.